The molecule has 0 saturated carbocycles. The molecule has 1 aliphatic heterocycles. The van der Waals surface area contributed by atoms with E-state index in [0.29, 0.717) is 17.2 Å². The van der Waals surface area contributed by atoms with Crippen molar-refractivity contribution < 1.29 is 13.2 Å². The molecule has 29 heavy (non-hydrogen) atoms. The number of sulfonamides is 1. The van der Waals surface area contributed by atoms with Gasteiger partial charge in [0.2, 0.25) is 10.0 Å². The molecule has 2 aromatic heterocycles. The number of thiophene rings is 1. The van der Waals surface area contributed by atoms with E-state index in [0.717, 1.165) is 29.8 Å². The SMILES string of the molecule is CC1CCCCN1S(=O)(=O)c1ccc(C(=O)Nc2nc(-c3cccs3)cs2)cc1. The van der Waals surface area contributed by atoms with Crippen LogP contribution in [0.3, 0.4) is 0 Å². The quantitative estimate of drug-likeness (QED) is 0.615. The summed E-state index contributed by atoms with van der Waals surface area (Å²) in [5.41, 5.74) is 1.22. The highest BCUT2D eigenvalue weighted by Gasteiger charge is 2.30. The summed E-state index contributed by atoms with van der Waals surface area (Å²) < 4.78 is 27.4. The molecule has 0 radical (unpaired) electrons. The summed E-state index contributed by atoms with van der Waals surface area (Å²) in [7, 11) is -3.54. The maximum atomic E-state index is 12.9. The molecule has 4 rings (SSSR count). The van der Waals surface area contributed by atoms with Crippen LogP contribution < -0.4 is 5.32 Å². The number of nitrogens with zero attached hydrogens (tertiary/aromatic N) is 2. The number of hydrogen-bond donors (Lipinski definition) is 1. The van der Waals surface area contributed by atoms with Crippen LogP contribution in [-0.4, -0.2) is 36.2 Å². The molecular weight excluding hydrogens is 426 g/mol. The number of anilines is 1. The van der Waals surface area contributed by atoms with E-state index in [9.17, 15) is 13.2 Å². The first-order chi connectivity index (χ1) is 13.9. The fraction of sp³-hybridized carbons (Fsp3) is 0.300. The number of nitrogens with one attached hydrogen (secondary N) is 1. The van der Waals surface area contributed by atoms with Gasteiger partial charge in [-0.25, -0.2) is 13.4 Å². The lowest BCUT2D eigenvalue weighted by Crippen LogP contribution is -2.41. The lowest BCUT2D eigenvalue weighted by atomic mass is 10.1. The molecule has 3 heterocycles. The largest absolute Gasteiger partial charge is 0.298 e. The van der Waals surface area contributed by atoms with E-state index in [1.54, 1.807) is 27.8 Å². The topological polar surface area (TPSA) is 79.4 Å². The van der Waals surface area contributed by atoms with Crippen LogP contribution in [0.4, 0.5) is 5.13 Å². The Morgan fingerprint density at radius 1 is 1.17 bits per heavy atom. The van der Waals surface area contributed by atoms with Crippen LogP contribution in [0.1, 0.15) is 36.5 Å². The Labute approximate surface area is 178 Å². The number of aromatic nitrogens is 1. The molecule has 1 fully saturated rings. The summed E-state index contributed by atoms with van der Waals surface area (Å²) in [5, 5.41) is 7.17. The molecule has 0 spiro atoms. The Kier molecular flexibility index (Phi) is 5.82. The first-order valence-corrected chi connectivity index (χ1v) is 12.6. The summed E-state index contributed by atoms with van der Waals surface area (Å²) in [6.45, 7) is 2.49. The molecule has 9 heteroatoms. The van der Waals surface area contributed by atoms with Crippen molar-refractivity contribution in [3.8, 4) is 10.6 Å². The second-order valence-electron chi connectivity index (χ2n) is 6.95. The molecule has 1 N–H and O–H groups in total. The molecular formula is C20H21N3O3S3. The van der Waals surface area contributed by atoms with Crippen LogP contribution in [0.5, 0.6) is 0 Å². The first kappa shape index (κ1) is 20.2. The van der Waals surface area contributed by atoms with Crippen LogP contribution in [-0.2, 0) is 10.0 Å². The minimum Gasteiger partial charge on any atom is -0.298 e. The van der Waals surface area contributed by atoms with Gasteiger partial charge >= 0.3 is 0 Å². The summed E-state index contributed by atoms with van der Waals surface area (Å²) in [6.07, 6.45) is 2.81. The summed E-state index contributed by atoms with van der Waals surface area (Å²) >= 11 is 2.95. The Morgan fingerprint density at radius 2 is 1.97 bits per heavy atom. The van der Waals surface area contributed by atoms with Crippen molar-refractivity contribution in [1.82, 2.24) is 9.29 Å². The van der Waals surface area contributed by atoms with E-state index in [4.69, 9.17) is 0 Å². The van der Waals surface area contributed by atoms with Gasteiger partial charge in [-0.2, -0.15) is 4.31 Å². The van der Waals surface area contributed by atoms with Crippen molar-refractivity contribution in [2.24, 2.45) is 0 Å². The van der Waals surface area contributed by atoms with Crippen LogP contribution in [0.2, 0.25) is 0 Å². The van der Waals surface area contributed by atoms with Gasteiger partial charge in [-0.3, -0.25) is 10.1 Å². The number of carbonyl (C=O) groups is 1. The maximum Gasteiger partial charge on any atom is 0.257 e. The highest BCUT2D eigenvalue weighted by molar-refractivity contribution is 7.89. The van der Waals surface area contributed by atoms with E-state index in [-0.39, 0.29) is 16.8 Å². The number of carbonyl (C=O) groups excluding carboxylic acids is 1. The smallest absolute Gasteiger partial charge is 0.257 e. The number of rotatable bonds is 5. The lowest BCUT2D eigenvalue weighted by Gasteiger charge is -2.32. The van der Waals surface area contributed by atoms with E-state index in [1.165, 1.54) is 23.5 Å². The molecule has 3 aromatic rings. The summed E-state index contributed by atoms with van der Waals surface area (Å²) in [4.78, 5) is 18.2. The Balaban J connectivity index is 1.47. The van der Waals surface area contributed by atoms with Crippen LogP contribution in [0, 0.1) is 0 Å². The van der Waals surface area contributed by atoms with Gasteiger partial charge in [0.05, 0.1) is 15.5 Å². The van der Waals surface area contributed by atoms with Crippen molar-refractivity contribution in [3.05, 3.63) is 52.7 Å². The van der Waals surface area contributed by atoms with Crippen LogP contribution >= 0.6 is 22.7 Å². The molecule has 1 unspecified atom stereocenters. The van der Waals surface area contributed by atoms with Gasteiger partial charge in [-0.1, -0.05) is 12.5 Å². The number of piperidine rings is 1. The molecule has 152 valence electrons. The van der Waals surface area contributed by atoms with Crippen LogP contribution in [0.25, 0.3) is 10.6 Å². The zero-order valence-electron chi connectivity index (χ0n) is 15.9. The van der Waals surface area contributed by atoms with Gasteiger partial charge in [-0.05, 0) is 55.5 Å². The van der Waals surface area contributed by atoms with Crippen molar-refractivity contribution in [2.45, 2.75) is 37.1 Å². The van der Waals surface area contributed by atoms with Crippen molar-refractivity contribution >= 4 is 43.7 Å². The average Bonchev–Trinajstić information content (AvgIpc) is 3.40. The Bertz CT molecular complexity index is 1090. The third kappa shape index (κ3) is 4.28. The highest BCUT2D eigenvalue weighted by atomic mass is 32.2. The molecule has 1 aliphatic rings. The van der Waals surface area contributed by atoms with Crippen LogP contribution in [0.15, 0.2) is 52.1 Å². The Morgan fingerprint density at radius 3 is 2.66 bits per heavy atom. The van der Waals surface area contributed by atoms with Gasteiger partial charge in [0.15, 0.2) is 5.13 Å². The summed E-state index contributed by atoms with van der Waals surface area (Å²) in [6, 6.07) is 10.0. The lowest BCUT2D eigenvalue weighted by molar-refractivity contribution is 0.102. The zero-order valence-corrected chi connectivity index (χ0v) is 18.3. The van der Waals surface area contributed by atoms with Crippen molar-refractivity contribution in [2.75, 3.05) is 11.9 Å². The van der Waals surface area contributed by atoms with E-state index in [1.807, 2.05) is 29.8 Å². The standard InChI is InChI=1S/C20H21N3O3S3/c1-14-5-2-3-11-23(14)29(25,26)16-9-7-15(8-10-16)19(24)22-20-21-17(13-28-20)18-6-4-12-27-18/h4,6-10,12-14H,2-3,5,11H2,1H3,(H,21,22,24). The molecule has 1 atom stereocenters. The fourth-order valence-electron chi connectivity index (χ4n) is 3.38. The van der Waals surface area contributed by atoms with E-state index < -0.39 is 10.0 Å². The third-order valence-electron chi connectivity index (χ3n) is 4.96. The van der Waals surface area contributed by atoms with Gasteiger partial charge in [0.25, 0.3) is 5.91 Å². The molecule has 1 aromatic carbocycles. The molecule has 1 amide bonds. The maximum absolute atomic E-state index is 12.9. The highest BCUT2D eigenvalue weighted by Crippen LogP contribution is 2.29. The third-order valence-corrected chi connectivity index (χ3v) is 8.64. The van der Waals surface area contributed by atoms with Crippen molar-refractivity contribution in [1.29, 1.82) is 0 Å². The normalized spacial score (nSPS) is 17.9. The molecule has 6 nitrogen and oxygen atoms in total. The minimum atomic E-state index is -3.54. The monoisotopic (exact) mass is 447 g/mol. The van der Waals surface area contributed by atoms with Gasteiger partial charge in [0, 0.05) is 23.5 Å². The molecule has 1 saturated heterocycles. The fourth-order valence-corrected chi connectivity index (χ4v) is 6.55. The second-order valence-corrected chi connectivity index (χ2v) is 10.7. The molecule has 0 aliphatic carbocycles. The van der Waals surface area contributed by atoms with E-state index in [2.05, 4.69) is 10.3 Å². The average molecular weight is 448 g/mol. The minimum absolute atomic E-state index is 0.000769. The number of hydrogen-bond acceptors (Lipinski definition) is 6. The van der Waals surface area contributed by atoms with Gasteiger partial charge in [0.1, 0.15) is 0 Å². The van der Waals surface area contributed by atoms with Crippen molar-refractivity contribution in [3.63, 3.8) is 0 Å². The zero-order chi connectivity index (χ0) is 20.4. The van der Waals surface area contributed by atoms with Gasteiger partial charge < -0.3 is 0 Å². The van der Waals surface area contributed by atoms with Gasteiger partial charge in [-0.15, -0.1) is 22.7 Å². The predicted octanol–water partition coefficient (Wildman–Crippen LogP) is 4.69. The predicted molar refractivity (Wildman–Crippen MR) is 117 cm³/mol. The molecule has 0 bridgehead atoms. The number of benzene rings is 1. The van der Waals surface area contributed by atoms with E-state index >= 15 is 0 Å². The Hall–Kier alpha value is -2.07. The number of thiazole rings is 1. The summed E-state index contributed by atoms with van der Waals surface area (Å²) in [5.74, 6) is -0.313. The second kappa shape index (κ2) is 8.35. The first-order valence-electron chi connectivity index (χ1n) is 9.38. The number of amides is 1.